The minimum absolute atomic E-state index is 0.174. The van der Waals surface area contributed by atoms with E-state index in [1.807, 2.05) is 55.6 Å². The predicted octanol–water partition coefficient (Wildman–Crippen LogP) is 4.31. The number of carbonyl (C=O) groups excluding carboxylic acids is 2. The van der Waals surface area contributed by atoms with E-state index in [-0.39, 0.29) is 11.8 Å². The Balaban J connectivity index is 1.61. The smallest absolute Gasteiger partial charge is 0.248 e. The van der Waals surface area contributed by atoms with Crippen molar-refractivity contribution in [3.8, 4) is 0 Å². The molecule has 28 heavy (non-hydrogen) atoms. The zero-order valence-corrected chi connectivity index (χ0v) is 16.7. The van der Waals surface area contributed by atoms with Crippen LogP contribution < -0.4 is 15.1 Å². The maximum Gasteiger partial charge on any atom is 0.248 e. The lowest BCUT2D eigenvalue weighted by molar-refractivity contribution is -0.117. The number of rotatable bonds is 6. The summed E-state index contributed by atoms with van der Waals surface area (Å²) in [5.74, 6) is -0.00356. The van der Waals surface area contributed by atoms with Crippen LogP contribution in [0, 0.1) is 0 Å². The van der Waals surface area contributed by atoms with Gasteiger partial charge in [-0.3, -0.25) is 9.59 Å². The monoisotopic (exact) mass is 377 g/mol. The van der Waals surface area contributed by atoms with Crippen LogP contribution in [0.5, 0.6) is 0 Å². The van der Waals surface area contributed by atoms with Gasteiger partial charge in [0.25, 0.3) is 0 Å². The van der Waals surface area contributed by atoms with E-state index in [0.29, 0.717) is 12.5 Å². The predicted molar refractivity (Wildman–Crippen MR) is 116 cm³/mol. The quantitative estimate of drug-likeness (QED) is 0.763. The Morgan fingerprint density at radius 3 is 2.57 bits per heavy atom. The largest absolute Gasteiger partial charge is 0.372 e. The highest BCUT2D eigenvalue weighted by atomic mass is 16.2. The Bertz CT molecular complexity index is 872. The van der Waals surface area contributed by atoms with Crippen LogP contribution in [-0.2, 0) is 9.59 Å². The fraction of sp³-hybridized carbons (Fsp3) is 0.304. The molecule has 0 atom stereocenters. The van der Waals surface area contributed by atoms with Gasteiger partial charge in [-0.15, -0.1) is 0 Å². The molecule has 0 spiro atoms. The van der Waals surface area contributed by atoms with Crippen molar-refractivity contribution in [2.24, 2.45) is 0 Å². The Labute approximate surface area is 166 Å². The Morgan fingerprint density at radius 1 is 1.18 bits per heavy atom. The summed E-state index contributed by atoms with van der Waals surface area (Å²) in [6.07, 6.45) is 4.83. The maximum absolute atomic E-state index is 12.3. The van der Waals surface area contributed by atoms with Crippen molar-refractivity contribution in [3.05, 3.63) is 60.2 Å². The van der Waals surface area contributed by atoms with Crippen molar-refractivity contribution < 1.29 is 9.59 Å². The van der Waals surface area contributed by atoms with Crippen molar-refractivity contribution >= 4 is 35.0 Å². The number of anilines is 3. The zero-order valence-electron chi connectivity index (χ0n) is 16.7. The molecule has 3 rings (SSSR count). The van der Waals surface area contributed by atoms with Gasteiger partial charge >= 0.3 is 0 Å². The standard InChI is InChI=1S/C23H27N3O2/c1-17(2)25(3)21-7-4-6-19(16-21)24-22(27)14-11-18-9-12-20(13-10-18)26-15-5-8-23(26)28/h4,6-7,9-14,16-17H,5,8,15H2,1-3H3,(H,24,27). The third-order valence-electron chi connectivity index (χ3n) is 5.00. The van der Waals surface area contributed by atoms with Gasteiger partial charge in [0.2, 0.25) is 11.8 Å². The van der Waals surface area contributed by atoms with E-state index in [2.05, 4.69) is 24.1 Å². The van der Waals surface area contributed by atoms with E-state index in [4.69, 9.17) is 0 Å². The first kappa shape index (κ1) is 19.7. The van der Waals surface area contributed by atoms with Gasteiger partial charge in [-0.1, -0.05) is 18.2 Å². The minimum Gasteiger partial charge on any atom is -0.372 e. The normalized spacial score (nSPS) is 14.1. The highest BCUT2D eigenvalue weighted by Gasteiger charge is 2.21. The van der Waals surface area contributed by atoms with Crippen LogP contribution in [0.1, 0.15) is 32.3 Å². The molecule has 5 heteroatoms. The maximum atomic E-state index is 12.3. The van der Waals surface area contributed by atoms with Crippen LogP contribution in [0.3, 0.4) is 0 Å². The van der Waals surface area contributed by atoms with Gasteiger partial charge in [0, 0.05) is 49.2 Å². The number of nitrogens with one attached hydrogen (secondary N) is 1. The van der Waals surface area contributed by atoms with Crippen molar-refractivity contribution in [1.82, 2.24) is 0 Å². The molecule has 1 aliphatic rings. The second kappa shape index (κ2) is 8.74. The first-order valence-corrected chi connectivity index (χ1v) is 9.66. The van der Waals surface area contributed by atoms with E-state index in [0.717, 1.165) is 35.6 Å². The highest BCUT2D eigenvalue weighted by molar-refractivity contribution is 6.02. The van der Waals surface area contributed by atoms with Crippen LogP contribution in [0.25, 0.3) is 6.08 Å². The summed E-state index contributed by atoms with van der Waals surface area (Å²) in [6, 6.07) is 15.9. The lowest BCUT2D eigenvalue weighted by Crippen LogP contribution is -2.25. The second-order valence-corrected chi connectivity index (χ2v) is 7.32. The molecule has 1 fully saturated rings. The number of nitrogens with zero attached hydrogens (tertiary/aromatic N) is 2. The van der Waals surface area contributed by atoms with Gasteiger partial charge in [-0.2, -0.15) is 0 Å². The van der Waals surface area contributed by atoms with Gasteiger partial charge < -0.3 is 15.1 Å². The van der Waals surface area contributed by atoms with Crippen LogP contribution >= 0.6 is 0 Å². The Hall–Kier alpha value is -3.08. The van der Waals surface area contributed by atoms with Gasteiger partial charge in [0.15, 0.2) is 0 Å². The lowest BCUT2D eigenvalue weighted by Gasteiger charge is -2.24. The first-order chi connectivity index (χ1) is 13.4. The molecule has 1 heterocycles. The van der Waals surface area contributed by atoms with Crippen LogP contribution in [0.2, 0.25) is 0 Å². The van der Waals surface area contributed by atoms with Gasteiger partial charge in [-0.25, -0.2) is 0 Å². The Kier molecular flexibility index (Phi) is 6.14. The third-order valence-corrected chi connectivity index (χ3v) is 5.00. The van der Waals surface area contributed by atoms with Crippen LogP contribution in [-0.4, -0.2) is 31.4 Å². The van der Waals surface area contributed by atoms with E-state index in [1.54, 1.807) is 11.0 Å². The molecule has 1 saturated heterocycles. The number of amides is 2. The number of hydrogen-bond acceptors (Lipinski definition) is 3. The molecule has 0 unspecified atom stereocenters. The molecular formula is C23H27N3O2. The second-order valence-electron chi connectivity index (χ2n) is 7.32. The third kappa shape index (κ3) is 4.80. The Morgan fingerprint density at radius 2 is 1.93 bits per heavy atom. The van der Waals surface area contributed by atoms with E-state index in [9.17, 15) is 9.59 Å². The van der Waals surface area contributed by atoms with Crippen molar-refractivity contribution in [2.45, 2.75) is 32.7 Å². The summed E-state index contributed by atoms with van der Waals surface area (Å²) in [5.41, 5.74) is 3.65. The number of benzene rings is 2. The van der Waals surface area contributed by atoms with Crippen molar-refractivity contribution in [3.63, 3.8) is 0 Å². The molecule has 1 N–H and O–H groups in total. The minimum atomic E-state index is -0.178. The van der Waals surface area contributed by atoms with Crippen LogP contribution in [0.15, 0.2) is 54.6 Å². The van der Waals surface area contributed by atoms with E-state index < -0.39 is 0 Å². The lowest BCUT2D eigenvalue weighted by atomic mass is 10.2. The van der Waals surface area contributed by atoms with Gasteiger partial charge in [0.1, 0.15) is 0 Å². The van der Waals surface area contributed by atoms with Gasteiger partial charge in [0.05, 0.1) is 0 Å². The van der Waals surface area contributed by atoms with Crippen molar-refractivity contribution in [2.75, 3.05) is 28.7 Å². The zero-order chi connectivity index (χ0) is 20.1. The topological polar surface area (TPSA) is 52.7 Å². The summed E-state index contributed by atoms with van der Waals surface area (Å²) in [6.45, 7) is 5.03. The number of hydrogen-bond donors (Lipinski definition) is 1. The van der Waals surface area contributed by atoms with E-state index >= 15 is 0 Å². The average Bonchev–Trinajstić information content (AvgIpc) is 3.12. The highest BCUT2D eigenvalue weighted by Crippen LogP contribution is 2.22. The molecule has 146 valence electrons. The summed E-state index contributed by atoms with van der Waals surface area (Å²) < 4.78 is 0. The number of carbonyl (C=O) groups is 2. The summed E-state index contributed by atoms with van der Waals surface area (Å²) in [7, 11) is 2.03. The van der Waals surface area contributed by atoms with Gasteiger partial charge in [-0.05, 0) is 62.2 Å². The molecule has 0 bridgehead atoms. The first-order valence-electron chi connectivity index (χ1n) is 9.66. The average molecular weight is 377 g/mol. The molecule has 5 nitrogen and oxygen atoms in total. The fourth-order valence-corrected chi connectivity index (χ4v) is 3.14. The summed E-state index contributed by atoms with van der Waals surface area (Å²) in [5, 5.41) is 2.90. The molecule has 1 aliphatic heterocycles. The summed E-state index contributed by atoms with van der Waals surface area (Å²) >= 11 is 0. The summed E-state index contributed by atoms with van der Waals surface area (Å²) in [4.78, 5) is 28.0. The molecule has 0 radical (unpaired) electrons. The molecule has 0 aromatic heterocycles. The van der Waals surface area contributed by atoms with E-state index in [1.165, 1.54) is 6.08 Å². The molecular weight excluding hydrogens is 350 g/mol. The fourth-order valence-electron chi connectivity index (χ4n) is 3.14. The molecule has 2 aromatic carbocycles. The molecule has 0 aliphatic carbocycles. The molecule has 0 saturated carbocycles. The van der Waals surface area contributed by atoms with Crippen LogP contribution in [0.4, 0.5) is 17.1 Å². The SMILES string of the molecule is CC(C)N(C)c1cccc(NC(=O)C=Cc2ccc(N3CCCC3=O)cc2)c1. The molecule has 2 amide bonds. The van der Waals surface area contributed by atoms with Crippen molar-refractivity contribution in [1.29, 1.82) is 0 Å². The molecule has 2 aromatic rings.